The zero-order valence-corrected chi connectivity index (χ0v) is 10.1. The van der Waals surface area contributed by atoms with Crippen LogP contribution in [-0.4, -0.2) is 53.3 Å². The Balaban J connectivity index is 1.65. The highest BCUT2D eigenvalue weighted by Gasteiger charge is 2.22. The molecule has 1 aromatic heterocycles. The molecule has 0 radical (unpaired) electrons. The van der Waals surface area contributed by atoms with Crippen molar-refractivity contribution in [2.24, 2.45) is 0 Å². The van der Waals surface area contributed by atoms with Crippen molar-refractivity contribution >= 4 is 11.7 Å². The molecule has 1 saturated carbocycles. The van der Waals surface area contributed by atoms with Crippen LogP contribution in [0.5, 0.6) is 0 Å². The molecule has 1 aliphatic carbocycles. The molecule has 2 fully saturated rings. The van der Waals surface area contributed by atoms with Crippen LogP contribution in [0.2, 0.25) is 0 Å². The molecule has 96 valence electrons. The maximum Gasteiger partial charge on any atom is 0.274 e. The minimum Gasteiger partial charge on any atom is -0.378 e. The number of hydrogen-bond acceptors (Lipinski definition) is 5. The van der Waals surface area contributed by atoms with Gasteiger partial charge in [0.25, 0.3) is 5.91 Å². The molecule has 0 spiro atoms. The predicted octanol–water partition coefficient (Wildman–Crippen LogP) is 0.523. The van der Waals surface area contributed by atoms with Gasteiger partial charge in [-0.05, 0) is 25.0 Å². The first-order chi connectivity index (χ1) is 8.83. The largest absolute Gasteiger partial charge is 0.378 e. The quantitative estimate of drug-likeness (QED) is 0.844. The molecule has 2 heterocycles. The summed E-state index contributed by atoms with van der Waals surface area (Å²) in [4.78, 5) is 13.8. The van der Waals surface area contributed by atoms with Gasteiger partial charge < -0.3 is 15.0 Å². The number of rotatable bonds is 3. The first kappa shape index (κ1) is 11.4. The van der Waals surface area contributed by atoms with Gasteiger partial charge in [0.1, 0.15) is 5.82 Å². The lowest BCUT2D eigenvalue weighted by Crippen LogP contribution is -2.41. The number of carbonyl (C=O) groups is 1. The van der Waals surface area contributed by atoms with E-state index in [1.807, 2.05) is 6.07 Å². The summed E-state index contributed by atoms with van der Waals surface area (Å²) in [5.41, 5.74) is 0.401. The van der Waals surface area contributed by atoms with Gasteiger partial charge in [-0.2, -0.15) is 0 Å². The van der Waals surface area contributed by atoms with E-state index in [9.17, 15) is 4.79 Å². The van der Waals surface area contributed by atoms with Crippen molar-refractivity contribution in [2.45, 2.75) is 18.9 Å². The Bertz CT molecular complexity index is 424. The number of morpholine rings is 1. The van der Waals surface area contributed by atoms with E-state index in [0.29, 0.717) is 38.0 Å². The number of ether oxygens (including phenoxy) is 1. The standard InChI is InChI=1S/C12H16N4O2/c17-12(16-5-7-18-8-6-16)10-3-4-11(15-14-10)13-9-1-2-9/h3-4,9H,1-2,5-8H2,(H,13,15). The Kier molecular flexibility index (Phi) is 3.10. The van der Waals surface area contributed by atoms with E-state index in [4.69, 9.17) is 4.74 Å². The van der Waals surface area contributed by atoms with Crippen molar-refractivity contribution in [3.8, 4) is 0 Å². The Morgan fingerprint density at radius 1 is 1.28 bits per heavy atom. The van der Waals surface area contributed by atoms with Crippen LogP contribution in [0.1, 0.15) is 23.3 Å². The molecule has 1 aromatic rings. The molecular weight excluding hydrogens is 232 g/mol. The molecule has 3 rings (SSSR count). The van der Waals surface area contributed by atoms with Gasteiger partial charge in [-0.3, -0.25) is 4.79 Å². The SMILES string of the molecule is O=C(c1ccc(NC2CC2)nn1)N1CCOCC1. The highest BCUT2D eigenvalue weighted by molar-refractivity contribution is 5.92. The van der Waals surface area contributed by atoms with Crippen LogP contribution in [0.4, 0.5) is 5.82 Å². The van der Waals surface area contributed by atoms with Crippen LogP contribution < -0.4 is 5.32 Å². The fraction of sp³-hybridized carbons (Fsp3) is 0.583. The Morgan fingerprint density at radius 3 is 2.67 bits per heavy atom. The zero-order valence-electron chi connectivity index (χ0n) is 10.1. The van der Waals surface area contributed by atoms with Crippen LogP contribution in [0.3, 0.4) is 0 Å². The van der Waals surface area contributed by atoms with Gasteiger partial charge in [-0.15, -0.1) is 10.2 Å². The van der Waals surface area contributed by atoms with Gasteiger partial charge in [0.2, 0.25) is 0 Å². The number of carbonyl (C=O) groups excluding carboxylic acids is 1. The van der Waals surface area contributed by atoms with Crippen molar-refractivity contribution in [1.29, 1.82) is 0 Å². The van der Waals surface area contributed by atoms with Crippen LogP contribution in [0, 0.1) is 0 Å². The van der Waals surface area contributed by atoms with E-state index in [-0.39, 0.29) is 5.91 Å². The molecule has 1 N–H and O–H groups in total. The van der Waals surface area contributed by atoms with Gasteiger partial charge in [0, 0.05) is 19.1 Å². The molecule has 0 aromatic carbocycles. The van der Waals surface area contributed by atoms with Crippen LogP contribution in [-0.2, 0) is 4.74 Å². The molecule has 0 bridgehead atoms. The zero-order chi connectivity index (χ0) is 12.4. The van der Waals surface area contributed by atoms with Crippen molar-refractivity contribution in [1.82, 2.24) is 15.1 Å². The molecule has 2 aliphatic rings. The van der Waals surface area contributed by atoms with Crippen molar-refractivity contribution in [3.05, 3.63) is 17.8 Å². The summed E-state index contributed by atoms with van der Waals surface area (Å²) >= 11 is 0. The summed E-state index contributed by atoms with van der Waals surface area (Å²) in [5, 5.41) is 11.3. The molecule has 1 amide bonds. The Hall–Kier alpha value is -1.69. The molecule has 6 heteroatoms. The summed E-state index contributed by atoms with van der Waals surface area (Å²) in [6, 6.07) is 4.09. The van der Waals surface area contributed by atoms with E-state index < -0.39 is 0 Å². The van der Waals surface area contributed by atoms with Crippen LogP contribution in [0.25, 0.3) is 0 Å². The van der Waals surface area contributed by atoms with Crippen molar-refractivity contribution in [3.63, 3.8) is 0 Å². The van der Waals surface area contributed by atoms with Crippen molar-refractivity contribution in [2.75, 3.05) is 31.6 Å². The normalized spacial score (nSPS) is 19.7. The summed E-state index contributed by atoms with van der Waals surface area (Å²) in [6.45, 7) is 2.45. The van der Waals surface area contributed by atoms with E-state index in [0.717, 1.165) is 5.82 Å². The minimum absolute atomic E-state index is 0.0660. The van der Waals surface area contributed by atoms with Crippen LogP contribution in [0.15, 0.2) is 12.1 Å². The van der Waals surface area contributed by atoms with Gasteiger partial charge in [0.15, 0.2) is 5.69 Å². The second kappa shape index (κ2) is 4.89. The number of amides is 1. The maximum atomic E-state index is 12.1. The number of aromatic nitrogens is 2. The molecule has 1 aliphatic heterocycles. The smallest absolute Gasteiger partial charge is 0.274 e. The third-order valence-electron chi connectivity index (χ3n) is 3.11. The fourth-order valence-corrected chi connectivity index (χ4v) is 1.89. The lowest BCUT2D eigenvalue weighted by atomic mass is 10.3. The number of hydrogen-bond donors (Lipinski definition) is 1. The lowest BCUT2D eigenvalue weighted by Gasteiger charge is -2.26. The van der Waals surface area contributed by atoms with Crippen LogP contribution >= 0.6 is 0 Å². The summed E-state index contributed by atoms with van der Waals surface area (Å²) in [6.07, 6.45) is 2.38. The Labute approximate surface area is 105 Å². The minimum atomic E-state index is -0.0660. The molecule has 0 atom stereocenters. The summed E-state index contributed by atoms with van der Waals surface area (Å²) in [7, 11) is 0. The van der Waals surface area contributed by atoms with E-state index in [1.54, 1.807) is 11.0 Å². The average Bonchev–Trinajstić information content (AvgIpc) is 3.24. The van der Waals surface area contributed by atoms with E-state index >= 15 is 0 Å². The van der Waals surface area contributed by atoms with Gasteiger partial charge >= 0.3 is 0 Å². The van der Waals surface area contributed by atoms with Gasteiger partial charge in [-0.1, -0.05) is 0 Å². The molecule has 6 nitrogen and oxygen atoms in total. The fourth-order valence-electron chi connectivity index (χ4n) is 1.89. The van der Waals surface area contributed by atoms with Gasteiger partial charge in [-0.25, -0.2) is 0 Å². The van der Waals surface area contributed by atoms with E-state index in [2.05, 4.69) is 15.5 Å². The highest BCUT2D eigenvalue weighted by Crippen LogP contribution is 2.23. The second-order valence-corrected chi connectivity index (χ2v) is 4.63. The predicted molar refractivity (Wildman–Crippen MR) is 65.4 cm³/mol. The monoisotopic (exact) mass is 248 g/mol. The molecule has 0 unspecified atom stereocenters. The lowest BCUT2D eigenvalue weighted by molar-refractivity contribution is 0.0298. The number of nitrogens with zero attached hydrogens (tertiary/aromatic N) is 3. The third kappa shape index (κ3) is 2.59. The highest BCUT2D eigenvalue weighted by atomic mass is 16.5. The van der Waals surface area contributed by atoms with Gasteiger partial charge in [0.05, 0.1) is 13.2 Å². The first-order valence-electron chi connectivity index (χ1n) is 6.30. The molecule has 18 heavy (non-hydrogen) atoms. The number of nitrogens with one attached hydrogen (secondary N) is 1. The molecule has 1 saturated heterocycles. The maximum absolute atomic E-state index is 12.1. The molecular formula is C12H16N4O2. The second-order valence-electron chi connectivity index (χ2n) is 4.63. The van der Waals surface area contributed by atoms with Crippen molar-refractivity contribution < 1.29 is 9.53 Å². The Morgan fingerprint density at radius 2 is 2.06 bits per heavy atom. The first-order valence-corrected chi connectivity index (χ1v) is 6.30. The van der Waals surface area contributed by atoms with E-state index in [1.165, 1.54) is 12.8 Å². The summed E-state index contributed by atoms with van der Waals surface area (Å²) < 4.78 is 5.22. The number of anilines is 1. The third-order valence-corrected chi connectivity index (χ3v) is 3.11. The topological polar surface area (TPSA) is 67.4 Å². The average molecular weight is 248 g/mol. The summed E-state index contributed by atoms with van der Waals surface area (Å²) in [5.74, 6) is 0.680.